The zero-order valence-electron chi connectivity index (χ0n) is 12.6. The van der Waals surface area contributed by atoms with Crippen LogP contribution < -0.4 is 0 Å². The number of fused-ring (bicyclic) bond motifs is 1. The monoisotopic (exact) mass is 307 g/mol. The second kappa shape index (κ2) is 5.79. The number of likely N-dealkylation sites (tertiary alicyclic amines) is 1. The molecule has 4 rings (SSSR count). The van der Waals surface area contributed by atoms with Crippen molar-refractivity contribution in [2.24, 2.45) is 0 Å². The molecule has 3 aromatic rings. The molecule has 116 valence electrons. The van der Waals surface area contributed by atoms with Crippen molar-refractivity contribution in [3.63, 3.8) is 0 Å². The van der Waals surface area contributed by atoms with Crippen LogP contribution in [0.3, 0.4) is 0 Å². The Morgan fingerprint density at radius 3 is 2.78 bits per heavy atom. The zero-order chi connectivity index (χ0) is 15.6. The summed E-state index contributed by atoms with van der Waals surface area (Å²) in [6.07, 6.45) is 7.05. The van der Waals surface area contributed by atoms with Gasteiger partial charge in [0.25, 0.3) is 5.91 Å². The number of aromatic amines is 1. The van der Waals surface area contributed by atoms with Crippen molar-refractivity contribution in [3.05, 3.63) is 54.2 Å². The molecule has 1 amide bonds. The van der Waals surface area contributed by atoms with Crippen molar-refractivity contribution in [2.45, 2.75) is 18.8 Å². The predicted octanol–water partition coefficient (Wildman–Crippen LogP) is 2.37. The predicted molar refractivity (Wildman–Crippen MR) is 86.0 cm³/mol. The maximum Gasteiger partial charge on any atom is 0.274 e. The van der Waals surface area contributed by atoms with Crippen LogP contribution in [-0.2, 0) is 0 Å². The number of para-hydroxylation sites is 1. The summed E-state index contributed by atoms with van der Waals surface area (Å²) in [4.78, 5) is 23.1. The van der Waals surface area contributed by atoms with Gasteiger partial charge < -0.3 is 4.90 Å². The van der Waals surface area contributed by atoms with Gasteiger partial charge in [0, 0.05) is 43.0 Å². The quantitative estimate of drug-likeness (QED) is 0.788. The minimum Gasteiger partial charge on any atom is -0.337 e. The van der Waals surface area contributed by atoms with Crippen molar-refractivity contribution in [1.29, 1.82) is 0 Å². The second-order valence-corrected chi connectivity index (χ2v) is 5.81. The Balaban J connectivity index is 1.49. The van der Waals surface area contributed by atoms with Gasteiger partial charge in [-0.05, 0) is 18.9 Å². The average Bonchev–Trinajstić information content (AvgIpc) is 3.06. The highest BCUT2D eigenvalue weighted by Crippen LogP contribution is 2.27. The summed E-state index contributed by atoms with van der Waals surface area (Å²) < 4.78 is 0. The Labute approximate surface area is 133 Å². The van der Waals surface area contributed by atoms with Gasteiger partial charge in [-0.2, -0.15) is 5.10 Å². The SMILES string of the molecule is O=C(c1n[nH]c2ccccc12)N1CCC(c2cnccn2)CC1. The molecule has 0 saturated carbocycles. The number of hydrogen-bond acceptors (Lipinski definition) is 4. The Bertz CT molecular complexity index is 821. The lowest BCUT2D eigenvalue weighted by atomic mass is 9.93. The molecule has 1 fully saturated rings. The number of nitrogens with zero attached hydrogens (tertiary/aromatic N) is 4. The molecule has 1 aromatic carbocycles. The van der Waals surface area contributed by atoms with E-state index >= 15 is 0 Å². The first-order valence-electron chi connectivity index (χ1n) is 7.81. The third-order valence-electron chi connectivity index (χ3n) is 4.46. The van der Waals surface area contributed by atoms with E-state index in [4.69, 9.17) is 0 Å². The van der Waals surface area contributed by atoms with Gasteiger partial charge in [-0.25, -0.2) is 0 Å². The highest BCUT2D eigenvalue weighted by molar-refractivity contribution is 6.04. The van der Waals surface area contributed by atoms with Gasteiger partial charge in [-0.3, -0.25) is 19.9 Å². The van der Waals surface area contributed by atoms with E-state index in [1.54, 1.807) is 12.4 Å². The molecular formula is C17H17N5O. The Morgan fingerprint density at radius 2 is 2.00 bits per heavy atom. The minimum atomic E-state index is 0.0000425. The van der Waals surface area contributed by atoms with Crippen molar-refractivity contribution >= 4 is 16.8 Å². The van der Waals surface area contributed by atoms with Crippen LogP contribution in [-0.4, -0.2) is 44.1 Å². The molecule has 1 N–H and O–H groups in total. The van der Waals surface area contributed by atoms with Gasteiger partial charge in [0.15, 0.2) is 5.69 Å². The van der Waals surface area contributed by atoms with E-state index < -0.39 is 0 Å². The lowest BCUT2D eigenvalue weighted by Gasteiger charge is -2.31. The van der Waals surface area contributed by atoms with E-state index in [9.17, 15) is 4.79 Å². The van der Waals surface area contributed by atoms with E-state index in [0.717, 1.165) is 42.5 Å². The molecule has 23 heavy (non-hydrogen) atoms. The number of rotatable bonds is 2. The van der Waals surface area contributed by atoms with Gasteiger partial charge in [0.1, 0.15) is 0 Å². The van der Waals surface area contributed by atoms with Gasteiger partial charge in [-0.15, -0.1) is 0 Å². The Morgan fingerprint density at radius 1 is 1.17 bits per heavy atom. The third-order valence-corrected chi connectivity index (χ3v) is 4.46. The summed E-state index contributed by atoms with van der Waals surface area (Å²) in [7, 11) is 0. The zero-order valence-corrected chi connectivity index (χ0v) is 12.6. The maximum absolute atomic E-state index is 12.7. The summed E-state index contributed by atoms with van der Waals surface area (Å²) in [6, 6.07) is 7.72. The van der Waals surface area contributed by atoms with Crippen LogP contribution in [0.2, 0.25) is 0 Å². The number of H-pyrrole nitrogens is 1. The highest BCUT2D eigenvalue weighted by atomic mass is 16.2. The van der Waals surface area contributed by atoms with Crippen LogP contribution in [0.5, 0.6) is 0 Å². The van der Waals surface area contributed by atoms with Crippen molar-refractivity contribution in [3.8, 4) is 0 Å². The molecule has 0 radical (unpaired) electrons. The first kappa shape index (κ1) is 13.9. The van der Waals surface area contributed by atoms with E-state index in [0.29, 0.717) is 11.6 Å². The molecule has 0 atom stereocenters. The summed E-state index contributed by atoms with van der Waals surface area (Å²) in [5, 5.41) is 8.02. The molecule has 6 heteroatoms. The molecule has 1 aliphatic rings. The van der Waals surface area contributed by atoms with Gasteiger partial charge in [0.05, 0.1) is 11.2 Å². The largest absolute Gasteiger partial charge is 0.337 e. The van der Waals surface area contributed by atoms with Crippen molar-refractivity contribution in [2.75, 3.05) is 13.1 Å². The van der Waals surface area contributed by atoms with Gasteiger partial charge in [0.2, 0.25) is 0 Å². The lowest BCUT2D eigenvalue weighted by molar-refractivity contribution is 0.0708. The average molecular weight is 307 g/mol. The summed E-state index contributed by atoms with van der Waals surface area (Å²) in [5.41, 5.74) is 2.42. The van der Waals surface area contributed by atoms with E-state index in [2.05, 4.69) is 20.2 Å². The number of carbonyl (C=O) groups excluding carboxylic acids is 1. The van der Waals surface area contributed by atoms with E-state index in [1.807, 2.05) is 35.4 Å². The van der Waals surface area contributed by atoms with Crippen LogP contribution in [0.1, 0.15) is 34.9 Å². The summed E-state index contributed by atoms with van der Waals surface area (Å²) >= 11 is 0. The van der Waals surface area contributed by atoms with Crippen LogP contribution in [0.15, 0.2) is 42.9 Å². The topological polar surface area (TPSA) is 74.8 Å². The molecular weight excluding hydrogens is 290 g/mol. The second-order valence-electron chi connectivity index (χ2n) is 5.81. The molecule has 1 aliphatic heterocycles. The summed E-state index contributed by atoms with van der Waals surface area (Å²) in [6.45, 7) is 1.45. The number of carbonyl (C=O) groups is 1. The highest BCUT2D eigenvalue weighted by Gasteiger charge is 2.27. The number of nitrogens with one attached hydrogen (secondary N) is 1. The third kappa shape index (κ3) is 2.56. The molecule has 0 spiro atoms. The molecule has 1 saturated heterocycles. The maximum atomic E-state index is 12.7. The molecule has 0 aliphatic carbocycles. The first-order valence-corrected chi connectivity index (χ1v) is 7.81. The number of piperidine rings is 1. The van der Waals surface area contributed by atoms with E-state index in [-0.39, 0.29) is 5.91 Å². The lowest BCUT2D eigenvalue weighted by Crippen LogP contribution is -2.38. The van der Waals surface area contributed by atoms with Gasteiger partial charge in [-0.1, -0.05) is 18.2 Å². The summed E-state index contributed by atoms with van der Waals surface area (Å²) in [5.74, 6) is 0.378. The number of benzene rings is 1. The molecule has 0 bridgehead atoms. The molecule has 2 aromatic heterocycles. The molecule has 6 nitrogen and oxygen atoms in total. The van der Waals surface area contributed by atoms with E-state index in [1.165, 1.54) is 0 Å². The number of amides is 1. The molecule has 3 heterocycles. The van der Waals surface area contributed by atoms with Crippen LogP contribution in [0.4, 0.5) is 0 Å². The standard InChI is InChI=1S/C17H17N5O/c23-17(16-13-3-1-2-4-14(13)20-21-16)22-9-5-12(6-10-22)15-11-18-7-8-19-15/h1-4,7-8,11-12H,5-6,9-10H2,(H,20,21). The van der Waals surface area contributed by atoms with Crippen molar-refractivity contribution < 1.29 is 4.79 Å². The fourth-order valence-corrected chi connectivity index (χ4v) is 3.18. The fraction of sp³-hybridized carbons (Fsp3) is 0.294. The fourth-order valence-electron chi connectivity index (χ4n) is 3.18. The van der Waals surface area contributed by atoms with Crippen LogP contribution in [0.25, 0.3) is 10.9 Å². The van der Waals surface area contributed by atoms with Crippen LogP contribution in [0, 0.1) is 0 Å². The molecule has 0 unspecified atom stereocenters. The number of aromatic nitrogens is 4. The number of hydrogen-bond donors (Lipinski definition) is 1. The smallest absolute Gasteiger partial charge is 0.274 e. The minimum absolute atomic E-state index is 0.0000425. The normalized spacial score (nSPS) is 15.9. The Kier molecular flexibility index (Phi) is 3.49. The van der Waals surface area contributed by atoms with Gasteiger partial charge >= 0.3 is 0 Å². The Hall–Kier alpha value is -2.76. The van der Waals surface area contributed by atoms with Crippen LogP contribution >= 0.6 is 0 Å². The first-order chi connectivity index (χ1) is 11.3. The van der Waals surface area contributed by atoms with Crippen molar-refractivity contribution in [1.82, 2.24) is 25.1 Å².